The van der Waals surface area contributed by atoms with Crippen molar-refractivity contribution >= 4 is 69.0 Å². The molecule has 2 aliphatic rings. The molecule has 414 valence electrons. The standard InChI is InChI=1S/C70H55ClN6O5S2/c1-47-58(83-46-72-47)45-43-48-42-44-57-59(66(79)77(57)62(48)67(80)81-63(49-26-10-2-11-27-49)50-28-12-3-13-29-50)73-65(78)61(76-82-70(54-36-20-7-21-37-54,55-38-22-8-23-39-55)56-40-24-9-25-41-56)60-64(71)84-68(74-60)75-69(51-30-14-4-15-31-51,52-32-16-5-17-33-52)53-34-18-6-19-35-53/h2-41,43,45-46,57,59,63H,42,44H2,1H3,(H,73,78)(H,74,75)/t57-,59+/m1/s1. The number of carbonyl (C=O) groups is 3. The van der Waals surface area contributed by atoms with Gasteiger partial charge in [-0.15, -0.1) is 11.3 Å². The number of amides is 2. The van der Waals surface area contributed by atoms with Crippen molar-refractivity contribution in [2.45, 2.75) is 49.1 Å². The van der Waals surface area contributed by atoms with E-state index >= 15 is 14.4 Å². The van der Waals surface area contributed by atoms with Crippen LogP contribution in [0.4, 0.5) is 5.13 Å². The summed E-state index contributed by atoms with van der Waals surface area (Å²) in [5, 5.41) is 12.1. The van der Waals surface area contributed by atoms with Crippen molar-refractivity contribution in [3.05, 3.63) is 331 Å². The Bertz CT molecular complexity index is 3790. The van der Waals surface area contributed by atoms with Crippen molar-refractivity contribution in [2.24, 2.45) is 5.16 Å². The van der Waals surface area contributed by atoms with Gasteiger partial charge in [0.05, 0.1) is 17.2 Å². The highest BCUT2D eigenvalue weighted by Gasteiger charge is 2.54. The fraction of sp³-hybridized carbons (Fsp3) is 0.114. The molecule has 0 unspecified atom stereocenters. The molecular weight excluding hydrogens is 1100 g/mol. The number of β-lactam (4-membered cyclic amide) rings is 1. The second-order valence-electron chi connectivity index (χ2n) is 20.3. The maximum atomic E-state index is 15.7. The zero-order valence-corrected chi connectivity index (χ0v) is 47.9. The molecule has 0 spiro atoms. The number of benzene rings is 8. The smallest absolute Gasteiger partial charge is 0.356 e. The highest BCUT2D eigenvalue weighted by Crippen LogP contribution is 2.45. The number of hydrogen-bond acceptors (Lipinski definition) is 11. The number of aromatic nitrogens is 2. The number of aryl methyl sites for hydroxylation is 1. The Morgan fingerprint density at radius 3 is 1.56 bits per heavy atom. The molecule has 10 aromatic rings. The highest BCUT2D eigenvalue weighted by molar-refractivity contribution is 7.20. The quantitative estimate of drug-likeness (QED) is 0.0269. The zero-order chi connectivity index (χ0) is 57.5. The summed E-state index contributed by atoms with van der Waals surface area (Å²) >= 11 is 10.0. The van der Waals surface area contributed by atoms with E-state index in [1.54, 1.807) is 5.51 Å². The third-order valence-corrected chi connectivity index (χ3v) is 17.4. The lowest BCUT2D eigenvalue weighted by molar-refractivity contribution is -0.158. The van der Waals surface area contributed by atoms with Gasteiger partial charge in [0, 0.05) is 21.6 Å². The first-order valence-electron chi connectivity index (χ1n) is 27.5. The summed E-state index contributed by atoms with van der Waals surface area (Å²) in [5.74, 6) is -1.96. The number of carbonyl (C=O) groups excluding carboxylic acids is 3. The first kappa shape index (κ1) is 55.0. The van der Waals surface area contributed by atoms with Crippen LogP contribution < -0.4 is 10.6 Å². The molecule has 14 heteroatoms. The van der Waals surface area contributed by atoms with Crippen molar-refractivity contribution in [1.82, 2.24) is 20.2 Å². The van der Waals surface area contributed by atoms with Crippen LogP contribution in [0, 0.1) is 6.92 Å². The second kappa shape index (κ2) is 24.5. The summed E-state index contributed by atoms with van der Waals surface area (Å²) in [4.78, 5) is 64.8. The van der Waals surface area contributed by atoms with Gasteiger partial charge in [0.2, 0.25) is 5.60 Å². The monoisotopic (exact) mass is 1160 g/mol. The van der Waals surface area contributed by atoms with Crippen LogP contribution in [0.2, 0.25) is 4.34 Å². The zero-order valence-electron chi connectivity index (χ0n) is 45.5. The molecule has 2 amide bonds. The minimum Gasteiger partial charge on any atom is -0.448 e. The summed E-state index contributed by atoms with van der Waals surface area (Å²) in [7, 11) is 0. The Morgan fingerprint density at radius 1 is 0.655 bits per heavy atom. The van der Waals surface area contributed by atoms with Crippen LogP contribution in [0.15, 0.2) is 271 Å². The van der Waals surface area contributed by atoms with E-state index in [9.17, 15) is 0 Å². The molecule has 11 nitrogen and oxygen atoms in total. The Morgan fingerprint density at radius 2 is 1.11 bits per heavy atom. The lowest BCUT2D eigenvalue weighted by Gasteiger charge is -2.50. The molecule has 8 aromatic carbocycles. The maximum absolute atomic E-state index is 15.7. The normalized spacial score (nSPS) is 15.3. The van der Waals surface area contributed by atoms with E-state index in [1.807, 2.05) is 225 Å². The van der Waals surface area contributed by atoms with Crippen LogP contribution >= 0.6 is 34.3 Å². The Kier molecular flexibility index (Phi) is 16.1. The first-order chi connectivity index (χ1) is 41.2. The summed E-state index contributed by atoms with van der Waals surface area (Å²) in [6.07, 6.45) is 3.79. The number of thiazole rings is 2. The molecule has 1 fully saturated rings. The Labute approximate surface area is 500 Å². The van der Waals surface area contributed by atoms with Gasteiger partial charge in [-0.2, -0.15) is 0 Å². The first-order valence-corrected chi connectivity index (χ1v) is 29.6. The number of anilines is 1. The number of fused-ring (bicyclic) bond motifs is 1. The minimum atomic E-state index is -1.42. The van der Waals surface area contributed by atoms with E-state index in [1.165, 1.54) is 16.2 Å². The number of oxime groups is 1. The van der Waals surface area contributed by atoms with Crippen LogP contribution in [0.1, 0.15) is 79.7 Å². The number of nitrogens with zero attached hydrogens (tertiary/aromatic N) is 4. The van der Waals surface area contributed by atoms with Gasteiger partial charge < -0.3 is 20.2 Å². The van der Waals surface area contributed by atoms with Gasteiger partial charge in [0.15, 0.2) is 16.9 Å². The summed E-state index contributed by atoms with van der Waals surface area (Å²) in [5.41, 5.74) is 7.11. The number of hydrogen-bond donors (Lipinski definition) is 2. The van der Waals surface area contributed by atoms with Gasteiger partial charge in [-0.05, 0) is 59.2 Å². The Hall–Kier alpha value is -9.53. The van der Waals surface area contributed by atoms with Crippen LogP contribution in [0.25, 0.3) is 6.08 Å². The Balaban J connectivity index is 0.953. The third-order valence-electron chi connectivity index (χ3n) is 15.4. The molecule has 12 rings (SSSR count). The van der Waals surface area contributed by atoms with Crippen LogP contribution in [-0.4, -0.2) is 50.4 Å². The fourth-order valence-corrected chi connectivity index (χ4v) is 13.1. The van der Waals surface area contributed by atoms with Crippen LogP contribution in [0.5, 0.6) is 0 Å². The highest BCUT2D eigenvalue weighted by atomic mass is 35.5. The van der Waals surface area contributed by atoms with E-state index in [2.05, 4.69) is 52.0 Å². The van der Waals surface area contributed by atoms with Crippen LogP contribution in [-0.2, 0) is 35.1 Å². The molecule has 0 saturated carbocycles. The molecule has 0 radical (unpaired) electrons. The van der Waals surface area contributed by atoms with E-state index in [0.717, 1.165) is 66.4 Å². The van der Waals surface area contributed by atoms with Crippen molar-refractivity contribution in [2.75, 3.05) is 5.32 Å². The molecule has 2 N–H and O–H groups in total. The van der Waals surface area contributed by atoms with Gasteiger partial charge in [-0.3, -0.25) is 14.5 Å². The lowest BCUT2D eigenvalue weighted by atomic mass is 9.77. The summed E-state index contributed by atoms with van der Waals surface area (Å²) in [6.45, 7) is 1.92. The van der Waals surface area contributed by atoms with E-state index < -0.39 is 47.1 Å². The van der Waals surface area contributed by atoms with E-state index in [-0.39, 0.29) is 21.4 Å². The van der Waals surface area contributed by atoms with Gasteiger partial charge in [-0.1, -0.05) is 277 Å². The van der Waals surface area contributed by atoms with E-state index in [0.29, 0.717) is 23.5 Å². The number of allylic oxidation sites excluding steroid dienone is 2. The summed E-state index contributed by atoms with van der Waals surface area (Å²) < 4.78 is 6.62. The molecule has 84 heavy (non-hydrogen) atoms. The largest absolute Gasteiger partial charge is 0.448 e. The molecule has 1 saturated heterocycles. The average molecular weight is 1160 g/mol. The molecular formula is C70H55ClN6O5S2. The van der Waals surface area contributed by atoms with Gasteiger partial charge in [-0.25, -0.2) is 14.8 Å². The minimum absolute atomic E-state index is 0.0166. The van der Waals surface area contributed by atoms with E-state index in [4.69, 9.17) is 31.3 Å². The summed E-state index contributed by atoms with van der Waals surface area (Å²) in [6, 6.07) is 76.5. The number of ether oxygens (including phenoxy) is 1. The lowest BCUT2D eigenvalue weighted by Crippen LogP contribution is -2.72. The van der Waals surface area contributed by atoms with Crippen molar-refractivity contribution in [3.8, 4) is 0 Å². The molecule has 0 aliphatic carbocycles. The predicted octanol–water partition coefficient (Wildman–Crippen LogP) is 14.5. The topological polar surface area (TPSA) is 135 Å². The van der Waals surface area contributed by atoms with Crippen LogP contribution in [0.3, 0.4) is 0 Å². The molecule has 0 bridgehead atoms. The molecule has 2 aliphatic heterocycles. The third kappa shape index (κ3) is 10.8. The number of halogens is 1. The van der Waals surface area contributed by atoms with Gasteiger partial charge >= 0.3 is 5.97 Å². The number of esters is 1. The van der Waals surface area contributed by atoms with Crippen molar-refractivity contribution in [1.29, 1.82) is 0 Å². The van der Waals surface area contributed by atoms with Crippen molar-refractivity contribution in [3.63, 3.8) is 0 Å². The molecule has 2 atom stereocenters. The SMILES string of the molecule is Cc1ncsc1C=CC1=C(C(=O)OC(c2ccccc2)c2ccccc2)N2C(=O)[C@@H](NC(=O)C(=NOC(c3ccccc3)(c3ccccc3)c3ccccc3)c3nc(NC(c4ccccc4)(c4ccccc4)c4ccccc4)sc3Cl)[C@H]2CC1. The fourth-order valence-electron chi connectivity index (χ4n) is 11.3. The number of rotatable bonds is 19. The number of nitrogens with one attached hydrogen (secondary N) is 2. The predicted molar refractivity (Wildman–Crippen MR) is 332 cm³/mol. The van der Waals surface area contributed by atoms with Gasteiger partial charge in [0.25, 0.3) is 11.8 Å². The molecule has 4 heterocycles. The maximum Gasteiger partial charge on any atom is 0.356 e. The second-order valence-corrected chi connectivity index (χ2v) is 22.8. The van der Waals surface area contributed by atoms with Gasteiger partial charge in [0.1, 0.15) is 27.3 Å². The molecule has 2 aromatic heterocycles. The van der Waals surface area contributed by atoms with Crippen molar-refractivity contribution < 1.29 is 24.0 Å². The average Bonchev–Trinajstić information content (AvgIpc) is 1.77.